The van der Waals surface area contributed by atoms with Gasteiger partial charge in [-0.1, -0.05) is 58.4 Å². The lowest BCUT2D eigenvalue weighted by molar-refractivity contribution is -0.147. The maximum Gasteiger partial charge on any atom is 0.303 e. The molecule has 2 aromatic carbocycles. The van der Waals surface area contributed by atoms with Gasteiger partial charge in [-0.3, -0.25) is 9.59 Å². The maximum atomic E-state index is 12.8. The van der Waals surface area contributed by atoms with E-state index in [1.54, 1.807) is 31.3 Å². The Balaban J connectivity index is 2.37. The number of ketones is 1. The molecule has 23 heavy (non-hydrogen) atoms. The molecule has 2 atom stereocenters. The lowest BCUT2D eigenvalue weighted by atomic mass is 9.95. The highest BCUT2D eigenvalue weighted by Gasteiger charge is 2.31. The SMILES string of the molecule is CN[C@@H](C(=O)c1ccccc1)[C@H](OC(C)=O)c1ccc(Br)cc1. The van der Waals surface area contributed by atoms with E-state index in [9.17, 15) is 9.59 Å². The minimum absolute atomic E-state index is 0.123. The van der Waals surface area contributed by atoms with Crippen LogP contribution in [-0.2, 0) is 9.53 Å². The molecule has 0 saturated carbocycles. The first-order valence-corrected chi connectivity index (χ1v) is 8.01. The predicted molar refractivity (Wildman–Crippen MR) is 92.3 cm³/mol. The number of nitrogens with one attached hydrogen (secondary N) is 1. The van der Waals surface area contributed by atoms with Gasteiger partial charge in [-0.2, -0.15) is 0 Å². The standard InChI is InChI=1S/C18H18BrNO3/c1-12(21)23-18(14-8-10-15(19)11-9-14)16(20-2)17(22)13-6-4-3-5-7-13/h3-11,16,18,20H,1-2H3/t16-,18+/m0/s1. The number of halogens is 1. The number of carbonyl (C=O) groups excluding carboxylic acids is 2. The zero-order chi connectivity index (χ0) is 16.8. The second-order valence-corrected chi connectivity index (χ2v) is 5.99. The molecule has 0 saturated heterocycles. The van der Waals surface area contributed by atoms with E-state index in [0.29, 0.717) is 5.56 Å². The van der Waals surface area contributed by atoms with Crippen LogP contribution in [0.25, 0.3) is 0 Å². The summed E-state index contributed by atoms with van der Waals surface area (Å²) >= 11 is 3.37. The highest BCUT2D eigenvalue weighted by Crippen LogP contribution is 2.25. The van der Waals surface area contributed by atoms with E-state index in [1.165, 1.54) is 6.92 Å². The van der Waals surface area contributed by atoms with Crippen LogP contribution in [0.1, 0.15) is 28.9 Å². The third-order valence-corrected chi connectivity index (χ3v) is 3.97. The van der Waals surface area contributed by atoms with E-state index in [-0.39, 0.29) is 5.78 Å². The molecule has 2 rings (SSSR count). The lowest BCUT2D eigenvalue weighted by Crippen LogP contribution is -2.41. The highest BCUT2D eigenvalue weighted by molar-refractivity contribution is 9.10. The predicted octanol–water partition coefficient (Wildman–Crippen LogP) is 3.52. The first kappa shape index (κ1) is 17.4. The number of ether oxygens (including phenoxy) is 1. The summed E-state index contributed by atoms with van der Waals surface area (Å²) in [5.41, 5.74) is 1.33. The molecule has 1 N–H and O–H groups in total. The van der Waals surface area contributed by atoms with Crippen LogP contribution in [0.2, 0.25) is 0 Å². The summed E-state index contributed by atoms with van der Waals surface area (Å²) in [7, 11) is 1.68. The number of likely N-dealkylation sites (N-methyl/N-ethyl adjacent to an activating group) is 1. The lowest BCUT2D eigenvalue weighted by Gasteiger charge is -2.26. The van der Waals surface area contributed by atoms with Gasteiger partial charge in [-0.15, -0.1) is 0 Å². The van der Waals surface area contributed by atoms with Crippen LogP contribution in [0.5, 0.6) is 0 Å². The molecule has 0 bridgehead atoms. The van der Waals surface area contributed by atoms with Crippen molar-refractivity contribution in [2.45, 2.75) is 19.1 Å². The minimum atomic E-state index is -0.696. The summed E-state index contributed by atoms with van der Waals surface area (Å²) in [4.78, 5) is 24.3. The Morgan fingerprint density at radius 3 is 2.17 bits per heavy atom. The zero-order valence-electron chi connectivity index (χ0n) is 13.0. The van der Waals surface area contributed by atoms with Gasteiger partial charge in [0.15, 0.2) is 5.78 Å². The van der Waals surface area contributed by atoms with Gasteiger partial charge in [0.1, 0.15) is 12.1 Å². The Hall–Kier alpha value is -1.98. The highest BCUT2D eigenvalue weighted by atomic mass is 79.9. The largest absolute Gasteiger partial charge is 0.455 e. The first-order valence-electron chi connectivity index (χ1n) is 7.22. The van der Waals surface area contributed by atoms with Crippen LogP contribution in [-0.4, -0.2) is 24.8 Å². The molecule has 4 nitrogen and oxygen atoms in total. The average molecular weight is 376 g/mol. The van der Waals surface area contributed by atoms with Gasteiger partial charge in [-0.25, -0.2) is 0 Å². The van der Waals surface area contributed by atoms with Crippen molar-refractivity contribution in [1.29, 1.82) is 0 Å². The molecule has 0 aromatic heterocycles. The Morgan fingerprint density at radius 2 is 1.65 bits per heavy atom. The maximum absolute atomic E-state index is 12.8. The Kier molecular flexibility index (Phi) is 6.07. The number of hydrogen-bond acceptors (Lipinski definition) is 4. The second kappa shape index (κ2) is 8.04. The third-order valence-electron chi connectivity index (χ3n) is 3.45. The van der Waals surface area contributed by atoms with Crippen molar-refractivity contribution in [2.24, 2.45) is 0 Å². The molecule has 5 heteroatoms. The van der Waals surface area contributed by atoms with Gasteiger partial charge in [0.2, 0.25) is 0 Å². The van der Waals surface area contributed by atoms with Crippen molar-refractivity contribution < 1.29 is 14.3 Å². The summed E-state index contributed by atoms with van der Waals surface area (Å²) in [6.07, 6.45) is -0.696. The van der Waals surface area contributed by atoms with Crippen molar-refractivity contribution >= 4 is 27.7 Å². The summed E-state index contributed by atoms with van der Waals surface area (Å²) in [6.45, 7) is 1.34. The van der Waals surface area contributed by atoms with Gasteiger partial charge < -0.3 is 10.1 Å². The monoisotopic (exact) mass is 375 g/mol. The minimum Gasteiger partial charge on any atom is -0.455 e. The van der Waals surface area contributed by atoms with E-state index in [0.717, 1.165) is 10.0 Å². The molecule has 0 fully saturated rings. The number of rotatable bonds is 6. The fourth-order valence-corrected chi connectivity index (χ4v) is 2.63. The molecule has 0 unspecified atom stereocenters. The van der Waals surface area contributed by atoms with E-state index < -0.39 is 18.1 Å². The molecule has 0 aliphatic carbocycles. The molecule has 2 aromatic rings. The summed E-state index contributed by atoms with van der Waals surface area (Å²) in [5, 5.41) is 2.98. The molecule has 0 radical (unpaired) electrons. The van der Waals surface area contributed by atoms with Crippen LogP contribution < -0.4 is 5.32 Å². The van der Waals surface area contributed by atoms with Gasteiger partial charge in [0.05, 0.1) is 0 Å². The molecule has 0 aliphatic heterocycles. The van der Waals surface area contributed by atoms with Crippen molar-refractivity contribution in [3.63, 3.8) is 0 Å². The molecule has 0 heterocycles. The van der Waals surface area contributed by atoms with Crippen LogP contribution in [0, 0.1) is 0 Å². The summed E-state index contributed by atoms with van der Waals surface area (Å²) in [5.74, 6) is -0.554. The Labute approximate surface area is 144 Å². The number of Topliss-reactive ketones (excluding diaryl/α,β-unsaturated/α-hetero) is 1. The number of carbonyl (C=O) groups is 2. The third kappa shape index (κ3) is 4.50. The van der Waals surface area contributed by atoms with Crippen molar-refractivity contribution in [3.8, 4) is 0 Å². The molecule has 0 aliphatic rings. The fraction of sp³-hybridized carbons (Fsp3) is 0.222. The van der Waals surface area contributed by atoms with E-state index in [2.05, 4.69) is 21.2 Å². The number of esters is 1. The Bertz CT molecular complexity index is 670. The van der Waals surface area contributed by atoms with Crippen LogP contribution in [0.3, 0.4) is 0 Å². The summed E-state index contributed by atoms with van der Waals surface area (Å²) in [6, 6.07) is 15.7. The zero-order valence-corrected chi connectivity index (χ0v) is 14.5. The quantitative estimate of drug-likeness (QED) is 0.619. The molecular weight excluding hydrogens is 358 g/mol. The van der Waals surface area contributed by atoms with Crippen molar-refractivity contribution in [2.75, 3.05) is 7.05 Å². The molecule has 0 amide bonds. The van der Waals surface area contributed by atoms with E-state index in [1.807, 2.05) is 30.3 Å². The van der Waals surface area contributed by atoms with Gasteiger partial charge in [-0.05, 0) is 24.7 Å². The second-order valence-electron chi connectivity index (χ2n) is 5.08. The number of benzene rings is 2. The van der Waals surface area contributed by atoms with Crippen LogP contribution >= 0.6 is 15.9 Å². The van der Waals surface area contributed by atoms with Gasteiger partial charge >= 0.3 is 5.97 Å². The van der Waals surface area contributed by atoms with E-state index in [4.69, 9.17) is 4.74 Å². The van der Waals surface area contributed by atoms with Crippen molar-refractivity contribution in [3.05, 3.63) is 70.2 Å². The topological polar surface area (TPSA) is 55.4 Å². The summed E-state index contributed by atoms with van der Waals surface area (Å²) < 4.78 is 6.35. The molecule has 0 spiro atoms. The molecule has 120 valence electrons. The van der Waals surface area contributed by atoms with Crippen LogP contribution in [0.15, 0.2) is 59.1 Å². The van der Waals surface area contributed by atoms with E-state index >= 15 is 0 Å². The average Bonchev–Trinajstić information content (AvgIpc) is 2.55. The van der Waals surface area contributed by atoms with Gasteiger partial charge in [0, 0.05) is 17.0 Å². The Morgan fingerprint density at radius 1 is 1.04 bits per heavy atom. The fourth-order valence-electron chi connectivity index (χ4n) is 2.36. The number of hydrogen-bond donors (Lipinski definition) is 1. The first-order chi connectivity index (χ1) is 11.0. The van der Waals surface area contributed by atoms with Crippen LogP contribution in [0.4, 0.5) is 0 Å². The van der Waals surface area contributed by atoms with Crippen molar-refractivity contribution in [1.82, 2.24) is 5.32 Å². The smallest absolute Gasteiger partial charge is 0.303 e. The molecular formula is C18H18BrNO3. The van der Waals surface area contributed by atoms with Gasteiger partial charge in [0.25, 0.3) is 0 Å². The normalized spacial score (nSPS) is 13.2.